The van der Waals surface area contributed by atoms with E-state index in [1.54, 1.807) is 9.58 Å². The quantitative estimate of drug-likeness (QED) is 0.704. The molecule has 0 spiro atoms. The molecule has 0 N–H and O–H groups in total. The Kier molecular flexibility index (Phi) is 3.83. The molecular formula is C18H17F2N3OS. The molecule has 2 aromatic heterocycles. The molecule has 7 heteroatoms. The molecule has 0 unspecified atom stereocenters. The van der Waals surface area contributed by atoms with Gasteiger partial charge in [0.2, 0.25) is 0 Å². The molecule has 0 aliphatic heterocycles. The minimum absolute atomic E-state index is 0.105. The van der Waals surface area contributed by atoms with Crippen molar-refractivity contribution in [2.75, 3.05) is 0 Å². The van der Waals surface area contributed by atoms with Crippen LogP contribution < -0.4 is 0 Å². The van der Waals surface area contributed by atoms with Crippen LogP contribution in [0.5, 0.6) is 0 Å². The summed E-state index contributed by atoms with van der Waals surface area (Å²) in [7, 11) is 1.85. The smallest absolute Gasteiger partial charge is 0.264 e. The summed E-state index contributed by atoms with van der Waals surface area (Å²) in [6, 6.07) is 5.48. The molecule has 1 fully saturated rings. The molecule has 0 bridgehead atoms. The lowest BCUT2D eigenvalue weighted by Crippen LogP contribution is -2.32. The van der Waals surface area contributed by atoms with Gasteiger partial charge in [0, 0.05) is 36.7 Å². The summed E-state index contributed by atoms with van der Waals surface area (Å²) < 4.78 is 28.9. The van der Waals surface area contributed by atoms with Crippen LogP contribution in [0.25, 0.3) is 10.2 Å². The maximum Gasteiger partial charge on any atom is 0.264 e. The maximum atomic E-state index is 14.0. The summed E-state index contributed by atoms with van der Waals surface area (Å²) in [4.78, 5) is 16.3. The first-order chi connectivity index (χ1) is 11.9. The predicted octanol–water partition coefficient (Wildman–Crippen LogP) is 4.03. The van der Waals surface area contributed by atoms with Gasteiger partial charge in [0.25, 0.3) is 5.91 Å². The van der Waals surface area contributed by atoms with Gasteiger partial charge in [-0.25, -0.2) is 8.78 Å². The van der Waals surface area contributed by atoms with Crippen molar-refractivity contribution >= 4 is 27.5 Å². The maximum absolute atomic E-state index is 14.0. The van der Waals surface area contributed by atoms with E-state index in [2.05, 4.69) is 5.10 Å². The number of aryl methyl sites for hydroxylation is 2. The number of benzene rings is 1. The highest BCUT2D eigenvalue weighted by atomic mass is 32.1. The molecule has 0 radical (unpaired) electrons. The Morgan fingerprint density at radius 1 is 1.36 bits per heavy atom. The largest absolute Gasteiger partial charge is 0.331 e. The summed E-state index contributed by atoms with van der Waals surface area (Å²) in [5, 5.41) is 5.32. The van der Waals surface area contributed by atoms with E-state index in [1.807, 2.05) is 20.0 Å². The summed E-state index contributed by atoms with van der Waals surface area (Å²) in [5.41, 5.74) is 1.22. The third kappa shape index (κ3) is 2.93. The zero-order chi connectivity index (χ0) is 17.7. The number of halogens is 2. The molecule has 2 heterocycles. The summed E-state index contributed by atoms with van der Waals surface area (Å²) in [5.74, 6) is -1.33. The Morgan fingerprint density at radius 3 is 2.76 bits per heavy atom. The number of hydrogen-bond donors (Lipinski definition) is 0. The van der Waals surface area contributed by atoms with Crippen LogP contribution in [0.4, 0.5) is 8.78 Å². The van der Waals surface area contributed by atoms with Gasteiger partial charge in [-0.15, -0.1) is 11.3 Å². The predicted molar refractivity (Wildman–Crippen MR) is 92.6 cm³/mol. The molecule has 1 saturated carbocycles. The molecule has 1 amide bonds. The Morgan fingerprint density at radius 2 is 2.12 bits per heavy atom. The second-order valence-electron chi connectivity index (χ2n) is 6.44. The average molecular weight is 361 g/mol. The third-order valence-electron chi connectivity index (χ3n) is 4.51. The van der Waals surface area contributed by atoms with Crippen molar-refractivity contribution in [3.8, 4) is 0 Å². The van der Waals surface area contributed by atoms with Crippen LogP contribution in [0.2, 0.25) is 0 Å². The van der Waals surface area contributed by atoms with Gasteiger partial charge >= 0.3 is 0 Å². The molecule has 1 aliphatic carbocycles. The van der Waals surface area contributed by atoms with Crippen molar-refractivity contribution < 1.29 is 13.6 Å². The normalized spacial score (nSPS) is 14.2. The van der Waals surface area contributed by atoms with Crippen LogP contribution in [-0.4, -0.2) is 26.6 Å². The van der Waals surface area contributed by atoms with Gasteiger partial charge in [-0.05, 0) is 31.9 Å². The monoisotopic (exact) mass is 361 g/mol. The first kappa shape index (κ1) is 16.2. The lowest BCUT2D eigenvalue weighted by atomic mass is 10.2. The molecule has 1 aliphatic rings. The Hall–Kier alpha value is -2.28. The number of nitrogens with zero attached hydrogens (tertiary/aromatic N) is 3. The second kappa shape index (κ2) is 5.91. The van der Waals surface area contributed by atoms with E-state index in [0.717, 1.165) is 34.8 Å². The van der Waals surface area contributed by atoms with Crippen LogP contribution in [0.15, 0.2) is 24.3 Å². The fraction of sp³-hybridized carbons (Fsp3) is 0.333. The fourth-order valence-electron chi connectivity index (χ4n) is 3.04. The highest BCUT2D eigenvalue weighted by Gasteiger charge is 2.34. The highest BCUT2D eigenvalue weighted by Crippen LogP contribution is 2.34. The summed E-state index contributed by atoms with van der Waals surface area (Å²) in [6.45, 7) is 2.07. The van der Waals surface area contributed by atoms with E-state index in [1.165, 1.54) is 23.5 Å². The first-order valence-electron chi connectivity index (χ1n) is 8.12. The van der Waals surface area contributed by atoms with E-state index >= 15 is 0 Å². The standard InChI is InChI=1S/C18H17F2N3OS/c1-10-14-8-16(25-18(14)22(2)21-10)17(24)23(13-5-6-13)9-11-3-4-12(19)7-15(11)20/h3-4,7-8,13H,5-6,9H2,1-2H3. The second-order valence-corrected chi connectivity index (χ2v) is 7.47. The molecule has 130 valence electrons. The van der Waals surface area contributed by atoms with E-state index in [9.17, 15) is 13.6 Å². The Balaban J connectivity index is 1.65. The molecule has 4 rings (SSSR count). The molecule has 3 aromatic rings. The summed E-state index contributed by atoms with van der Waals surface area (Å²) in [6.07, 6.45) is 1.83. The number of hydrogen-bond acceptors (Lipinski definition) is 3. The minimum Gasteiger partial charge on any atom is -0.331 e. The van der Waals surface area contributed by atoms with Crippen molar-refractivity contribution in [2.24, 2.45) is 7.05 Å². The lowest BCUT2D eigenvalue weighted by molar-refractivity contribution is 0.0733. The number of amides is 1. The van der Waals surface area contributed by atoms with Gasteiger partial charge in [-0.1, -0.05) is 6.07 Å². The van der Waals surface area contributed by atoms with E-state index < -0.39 is 11.6 Å². The number of carbonyl (C=O) groups excluding carboxylic acids is 1. The number of thiophene rings is 1. The van der Waals surface area contributed by atoms with Gasteiger partial charge in [0.1, 0.15) is 16.5 Å². The minimum atomic E-state index is -0.616. The van der Waals surface area contributed by atoms with Crippen molar-refractivity contribution in [2.45, 2.75) is 32.4 Å². The zero-order valence-corrected chi connectivity index (χ0v) is 14.7. The van der Waals surface area contributed by atoms with Crippen LogP contribution in [-0.2, 0) is 13.6 Å². The Bertz CT molecular complexity index is 940. The highest BCUT2D eigenvalue weighted by molar-refractivity contribution is 7.20. The molecule has 25 heavy (non-hydrogen) atoms. The van der Waals surface area contributed by atoms with Crippen LogP contribution in [0.1, 0.15) is 33.8 Å². The molecular weight excluding hydrogens is 344 g/mol. The SMILES string of the molecule is Cc1nn(C)c2sc(C(=O)N(Cc3ccc(F)cc3F)C3CC3)cc12. The summed E-state index contributed by atoms with van der Waals surface area (Å²) >= 11 is 1.40. The average Bonchev–Trinajstić information content (AvgIpc) is 3.23. The van der Waals surface area contributed by atoms with Crippen molar-refractivity contribution in [1.29, 1.82) is 0 Å². The van der Waals surface area contributed by atoms with Crippen molar-refractivity contribution in [3.63, 3.8) is 0 Å². The molecule has 4 nitrogen and oxygen atoms in total. The number of carbonyl (C=O) groups is 1. The van der Waals surface area contributed by atoms with E-state index in [0.29, 0.717) is 10.4 Å². The van der Waals surface area contributed by atoms with Gasteiger partial charge in [0.15, 0.2) is 0 Å². The zero-order valence-electron chi connectivity index (χ0n) is 13.9. The van der Waals surface area contributed by atoms with Crippen molar-refractivity contribution in [3.05, 3.63) is 52.0 Å². The lowest BCUT2D eigenvalue weighted by Gasteiger charge is -2.22. The number of rotatable bonds is 4. The van der Waals surface area contributed by atoms with E-state index in [-0.39, 0.29) is 18.5 Å². The molecule has 0 saturated heterocycles. The van der Waals surface area contributed by atoms with Crippen LogP contribution in [0, 0.1) is 18.6 Å². The van der Waals surface area contributed by atoms with Gasteiger partial charge < -0.3 is 4.90 Å². The fourth-order valence-corrected chi connectivity index (χ4v) is 4.12. The topological polar surface area (TPSA) is 38.1 Å². The van der Waals surface area contributed by atoms with Gasteiger partial charge in [-0.3, -0.25) is 9.48 Å². The first-order valence-corrected chi connectivity index (χ1v) is 8.93. The van der Waals surface area contributed by atoms with Crippen LogP contribution in [0.3, 0.4) is 0 Å². The third-order valence-corrected chi connectivity index (χ3v) is 5.70. The van der Waals surface area contributed by atoms with Crippen LogP contribution >= 0.6 is 11.3 Å². The number of aromatic nitrogens is 2. The van der Waals surface area contributed by atoms with E-state index in [4.69, 9.17) is 0 Å². The van der Waals surface area contributed by atoms with Crippen molar-refractivity contribution in [1.82, 2.24) is 14.7 Å². The van der Waals surface area contributed by atoms with Gasteiger partial charge in [0.05, 0.1) is 10.6 Å². The van der Waals surface area contributed by atoms with Gasteiger partial charge in [-0.2, -0.15) is 5.10 Å². The molecule has 0 atom stereocenters. The molecule has 1 aromatic carbocycles. The Labute approximate surface area is 147 Å². The number of fused-ring (bicyclic) bond motifs is 1.